The molecule has 1 amide bonds. The molecular formula is C17H17NO3. The molecule has 0 saturated carbocycles. The van der Waals surface area contributed by atoms with Gasteiger partial charge in [-0.05, 0) is 61.4 Å². The molecule has 0 aliphatic rings. The lowest BCUT2D eigenvalue weighted by Gasteiger charge is -2.08. The van der Waals surface area contributed by atoms with E-state index in [9.17, 15) is 9.59 Å². The Hall–Kier alpha value is -2.62. The third-order valence-corrected chi connectivity index (χ3v) is 2.86. The van der Waals surface area contributed by atoms with E-state index in [-0.39, 0.29) is 11.9 Å². The van der Waals surface area contributed by atoms with Crippen LogP contribution in [0.25, 0.3) is 0 Å². The van der Waals surface area contributed by atoms with E-state index in [1.165, 1.54) is 6.92 Å². The van der Waals surface area contributed by atoms with Crippen LogP contribution in [0.4, 0.5) is 5.69 Å². The number of aryl methyl sites for hydroxylation is 2. The fourth-order valence-electron chi connectivity index (χ4n) is 2.09. The van der Waals surface area contributed by atoms with Gasteiger partial charge in [0.1, 0.15) is 5.75 Å². The van der Waals surface area contributed by atoms with Crippen molar-refractivity contribution >= 4 is 17.6 Å². The minimum Gasteiger partial charge on any atom is -0.427 e. The molecule has 0 spiro atoms. The number of nitrogens with one attached hydrogen (secondary N) is 1. The first kappa shape index (κ1) is 14.8. The number of hydrogen-bond acceptors (Lipinski definition) is 3. The molecule has 108 valence electrons. The molecular weight excluding hydrogens is 266 g/mol. The minimum atomic E-state index is -0.387. The van der Waals surface area contributed by atoms with Crippen molar-refractivity contribution in [2.75, 3.05) is 5.32 Å². The fraction of sp³-hybridized carbons (Fsp3) is 0.176. The van der Waals surface area contributed by atoms with E-state index in [0.29, 0.717) is 11.3 Å². The van der Waals surface area contributed by atoms with Crippen LogP contribution in [-0.2, 0) is 4.79 Å². The van der Waals surface area contributed by atoms with Gasteiger partial charge in [0.2, 0.25) is 0 Å². The van der Waals surface area contributed by atoms with Gasteiger partial charge in [-0.1, -0.05) is 6.07 Å². The number of carbonyl (C=O) groups excluding carboxylic acids is 2. The summed E-state index contributed by atoms with van der Waals surface area (Å²) in [5.41, 5.74) is 3.46. The van der Waals surface area contributed by atoms with Crippen LogP contribution in [-0.4, -0.2) is 11.9 Å². The number of rotatable bonds is 3. The summed E-state index contributed by atoms with van der Waals surface area (Å²) in [7, 11) is 0. The zero-order chi connectivity index (χ0) is 15.4. The smallest absolute Gasteiger partial charge is 0.308 e. The van der Waals surface area contributed by atoms with Crippen molar-refractivity contribution in [2.24, 2.45) is 0 Å². The molecule has 2 rings (SSSR count). The number of benzene rings is 2. The highest BCUT2D eigenvalue weighted by molar-refractivity contribution is 6.04. The molecule has 2 aromatic carbocycles. The number of carbonyl (C=O) groups is 2. The van der Waals surface area contributed by atoms with Gasteiger partial charge in [-0.15, -0.1) is 0 Å². The Balaban J connectivity index is 2.11. The van der Waals surface area contributed by atoms with Crippen molar-refractivity contribution in [3.8, 4) is 5.75 Å². The third kappa shape index (κ3) is 4.18. The molecule has 0 unspecified atom stereocenters. The summed E-state index contributed by atoms with van der Waals surface area (Å²) in [4.78, 5) is 23.0. The normalized spacial score (nSPS) is 10.0. The van der Waals surface area contributed by atoms with Crippen molar-refractivity contribution in [1.29, 1.82) is 0 Å². The molecule has 0 fully saturated rings. The summed E-state index contributed by atoms with van der Waals surface area (Å²) in [5, 5.41) is 2.85. The maximum atomic E-state index is 12.2. The lowest BCUT2D eigenvalue weighted by atomic mass is 10.1. The molecule has 0 radical (unpaired) electrons. The predicted molar refractivity (Wildman–Crippen MR) is 81.6 cm³/mol. The van der Waals surface area contributed by atoms with Gasteiger partial charge in [0.25, 0.3) is 5.91 Å². The summed E-state index contributed by atoms with van der Waals surface area (Å²) in [6, 6.07) is 12.3. The SMILES string of the molecule is CC(=O)Oc1ccc(C(=O)Nc2cc(C)cc(C)c2)cc1. The summed E-state index contributed by atoms with van der Waals surface area (Å²) < 4.78 is 4.93. The molecule has 1 N–H and O–H groups in total. The van der Waals surface area contributed by atoms with Crippen LogP contribution < -0.4 is 10.1 Å². The predicted octanol–water partition coefficient (Wildman–Crippen LogP) is 3.48. The van der Waals surface area contributed by atoms with E-state index < -0.39 is 0 Å². The largest absolute Gasteiger partial charge is 0.427 e. The van der Waals surface area contributed by atoms with E-state index in [1.807, 2.05) is 32.0 Å². The first-order valence-electron chi connectivity index (χ1n) is 6.62. The second-order valence-corrected chi connectivity index (χ2v) is 4.95. The number of esters is 1. The standard InChI is InChI=1S/C17H17NO3/c1-11-8-12(2)10-15(9-11)18-17(20)14-4-6-16(7-5-14)21-13(3)19/h4-10H,1-3H3,(H,18,20). The highest BCUT2D eigenvalue weighted by atomic mass is 16.5. The maximum absolute atomic E-state index is 12.2. The molecule has 0 aliphatic heterocycles. The van der Waals surface area contributed by atoms with Crippen LogP contribution in [0.5, 0.6) is 5.75 Å². The minimum absolute atomic E-state index is 0.200. The van der Waals surface area contributed by atoms with Crippen molar-refractivity contribution in [3.63, 3.8) is 0 Å². The van der Waals surface area contributed by atoms with Crippen LogP contribution in [0, 0.1) is 13.8 Å². The second kappa shape index (κ2) is 6.22. The molecule has 21 heavy (non-hydrogen) atoms. The lowest BCUT2D eigenvalue weighted by Crippen LogP contribution is -2.12. The van der Waals surface area contributed by atoms with Crippen LogP contribution in [0.15, 0.2) is 42.5 Å². The molecule has 0 aliphatic carbocycles. The molecule has 0 atom stereocenters. The molecule has 0 aromatic heterocycles. The van der Waals surface area contributed by atoms with Crippen molar-refractivity contribution in [2.45, 2.75) is 20.8 Å². The number of amides is 1. The number of anilines is 1. The Labute approximate surface area is 123 Å². The maximum Gasteiger partial charge on any atom is 0.308 e. The zero-order valence-corrected chi connectivity index (χ0v) is 12.3. The van der Waals surface area contributed by atoms with Gasteiger partial charge in [0, 0.05) is 18.2 Å². The summed E-state index contributed by atoms with van der Waals surface area (Å²) in [5.74, 6) is -0.165. The lowest BCUT2D eigenvalue weighted by molar-refractivity contribution is -0.131. The molecule has 4 nitrogen and oxygen atoms in total. The van der Waals surface area contributed by atoms with Crippen LogP contribution in [0.2, 0.25) is 0 Å². The van der Waals surface area contributed by atoms with Crippen LogP contribution >= 0.6 is 0 Å². The Morgan fingerprint density at radius 2 is 1.52 bits per heavy atom. The fourth-order valence-corrected chi connectivity index (χ4v) is 2.09. The average molecular weight is 283 g/mol. The summed E-state index contributed by atoms with van der Waals surface area (Å²) in [6.07, 6.45) is 0. The van der Waals surface area contributed by atoms with Gasteiger partial charge < -0.3 is 10.1 Å². The topological polar surface area (TPSA) is 55.4 Å². The van der Waals surface area contributed by atoms with E-state index >= 15 is 0 Å². The van der Waals surface area contributed by atoms with E-state index in [0.717, 1.165) is 16.8 Å². The Morgan fingerprint density at radius 3 is 2.05 bits per heavy atom. The van der Waals surface area contributed by atoms with Gasteiger partial charge >= 0.3 is 5.97 Å². The first-order valence-corrected chi connectivity index (χ1v) is 6.62. The summed E-state index contributed by atoms with van der Waals surface area (Å²) >= 11 is 0. The number of hydrogen-bond donors (Lipinski definition) is 1. The molecule has 2 aromatic rings. The Morgan fingerprint density at radius 1 is 0.952 bits per heavy atom. The van der Waals surface area contributed by atoms with Gasteiger partial charge in [-0.3, -0.25) is 9.59 Å². The molecule has 4 heteroatoms. The van der Waals surface area contributed by atoms with E-state index in [4.69, 9.17) is 4.74 Å². The highest BCUT2D eigenvalue weighted by Gasteiger charge is 2.07. The monoisotopic (exact) mass is 283 g/mol. The quantitative estimate of drug-likeness (QED) is 0.693. The van der Waals surface area contributed by atoms with Gasteiger partial charge in [0.15, 0.2) is 0 Å². The van der Waals surface area contributed by atoms with Crippen molar-refractivity contribution < 1.29 is 14.3 Å². The highest BCUT2D eigenvalue weighted by Crippen LogP contribution is 2.17. The summed E-state index contributed by atoms with van der Waals surface area (Å²) in [6.45, 7) is 5.30. The van der Waals surface area contributed by atoms with Crippen LogP contribution in [0.3, 0.4) is 0 Å². The van der Waals surface area contributed by atoms with Gasteiger partial charge in [-0.2, -0.15) is 0 Å². The van der Waals surface area contributed by atoms with Crippen LogP contribution in [0.1, 0.15) is 28.4 Å². The first-order chi connectivity index (χ1) is 9.94. The molecule has 0 bridgehead atoms. The average Bonchev–Trinajstić information content (AvgIpc) is 2.37. The zero-order valence-electron chi connectivity index (χ0n) is 12.3. The number of ether oxygens (including phenoxy) is 1. The van der Waals surface area contributed by atoms with E-state index in [2.05, 4.69) is 5.32 Å². The second-order valence-electron chi connectivity index (χ2n) is 4.95. The molecule has 0 heterocycles. The Kier molecular flexibility index (Phi) is 4.38. The Bertz CT molecular complexity index is 655. The third-order valence-electron chi connectivity index (χ3n) is 2.86. The molecule has 0 saturated heterocycles. The van der Waals surface area contributed by atoms with Gasteiger partial charge in [0.05, 0.1) is 0 Å². The van der Waals surface area contributed by atoms with Crippen molar-refractivity contribution in [1.82, 2.24) is 0 Å². The van der Waals surface area contributed by atoms with Crippen molar-refractivity contribution in [3.05, 3.63) is 59.2 Å². The van der Waals surface area contributed by atoms with E-state index in [1.54, 1.807) is 24.3 Å². The van der Waals surface area contributed by atoms with Gasteiger partial charge in [-0.25, -0.2) is 0 Å².